The topological polar surface area (TPSA) is 35.5 Å². The van der Waals surface area contributed by atoms with Crippen molar-refractivity contribution < 1.29 is 14.3 Å². The number of fused-ring (bicyclic) bond motifs is 2. The summed E-state index contributed by atoms with van der Waals surface area (Å²) in [5.74, 6) is 1.62. The molecule has 4 rings (SSSR count). The van der Waals surface area contributed by atoms with E-state index in [0.717, 1.165) is 33.4 Å². The molecule has 0 aromatic heterocycles. The van der Waals surface area contributed by atoms with Gasteiger partial charge in [0, 0.05) is 32.5 Å². The lowest BCUT2D eigenvalue weighted by atomic mass is 9.87. The molecule has 0 atom stereocenters. The molecule has 146 valence electrons. The van der Waals surface area contributed by atoms with Gasteiger partial charge in [-0.3, -0.25) is 0 Å². The first-order valence-electron chi connectivity index (χ1n) is 9.47. The van der Waals surface area contributed by atoms with Gasteiger partial charge in [0.15, 0.2) is 0 Å². The van der Waals surface area contributed by atoms with Crippen molar-refractivity contribution in [1.82, 2.24) is 0 Å². The van der Waals surface area contributed by atoms with Crippen molar-refractivity contribution in [2.24, 2.45) is 0 Å². The van der Waals surface area contributed by atoms with Crippen LogP contribution < -0.4 is 9.47 Å². The van der Waals surface area contributed by atoms with Crippen LogP contribution in [0.2, 0.25) is 5.02 Å². The molecule has 0 saturated carbocycles. The van der Waals surface area contributed by atoms with Crippen molar-refractivity contribution >= 4 is 28.3 Å². The fourth-order valence-corrected chi connectivity index (χ4v) is 3.72. The van der Waals surface area contributed by atoms with E-state index in [4.69, 9.17) is 21.1 Å². The molecule has 4 heteroatoms. The highest BCUT2D eigenvalue weighted by atomic mass is 35.5. The van der Waals surface area contributed by atoms with Crippen LogP contribution in [0.3, 0.4) is 0 Å². The molecule has 1 aliphatic rings. The van der Waals surface area contributed by atoms with Crippen LogP contribution in [0.4, 0.5) is 0 Å². The van der Waals surface area contributed by atoms with E-state index in [-0.39, 0.29) is 0 Å². The molecular weight excluding hydrogens is 384 g/mol. The molecule has 0 aliphatic heterocycles. The molecule has 0 bridgehead atoms. The van der Waals surface area contributed by atoms with E-state index in [0.29, 0.717) is 29.2 Å². The van der Waals surface area contributed by atoms with E-state index < -0.39 is 5.97 Å². The molecule has 0 saturated heterocycles. The van der Waals surface area contributed by atoms with Gasteiger partial charge in [0.25, 0.3) is 0 Å². The van der Waals surface area contributed by atoms with Gasteiger partial charge in [-0.2, -0.15) is 0 Å². The Labute approximate surface area is 175 Å². The number of rotatable bonds is 4. The predicted octanol–water partition coefficient (Wildman–Crippen LogP) is 6.81. The van der Waals surface area contributed by atoms with Gasteiger partial charge in [-0.15, -0.1) is 0 Å². The average molecular weight is 405 g/mol. The monoisotopic (exact) mass is 404 g/mol. The first-order chi connectivity index (χ1) is 13.9. The second-order valence-electron chi connectivity index (χ2n) is 7.32. The summed E-state index contributed by atoms with van der Waals surface area (Å²) >= 11 is 6.32. The Morgan fingerprint density at radius 2 is 1.79 bits per heavy atom. The summed E-state index contributed by atoms with van der Waals surface area (Å²) < 4.78 is 12.2. The van der Waals surface area contributed by atoms with Crippen LogP contribution in [0.5, 0.6) is 17.2 Å². The standard InChI is InChI=1S/C25H21ClO3/c1-15(2)25(27)29-24-20-12-10-17(26)14-22(20)23(28-18-7-5-4-6-8-18)19-11-9-16(3)13-21(19)24/h4-10,12,14H,1,11,13H2,2-3H3. The number of carbonyl (C=O) groups is 1. The highest BCUT2D eigenvalue weighted by Crippen LogP contribution is 2.46. The zero-order valence-electron chi connectivity index (χ0n) is 16.4. The van der Waals surface area contributed by atoms with Crippen molar-refractivity contribution in [2.45, 2.75) is 26.7 Å². The van der Waals surface area contributed by atoms with Crippen molar-refractivity contribution in [3.63, 3.8) is 0 Å². The Balaban J connectivity index is 1.99. The van der Waals surface area contributed by atoms with Gasteiger partial charge in [0.05, 0.1) is 0 Å². The van der Waals surface area contributed by atoms with Crippen LogP contribution in [0.1, 0.15) is 25.0 Å². The zero-order chi connectivity index (χ0) is 20.5. The second kappa shape index (κ2) is 7.76. The minimum absolute atomic E-state index is 0.355. The lowest BCUT2D eigenvalue weighted by Gasteiger charge is -2.24. The van der Waals surface area contributed by atoms with E-state index in [1.165, 1.54) is 5.57 Å². The van der Waals surface area contributed by atoms with Gasteiger partial charge in [-0.1, -0.05) is 48.0 Å². The van der Waals surface area contributed by atoms with Crippen molar-refractivity contribution in [3.8, 4) is 17.2 Å². The molecule has 0 amide bonds. The molecule has 0 spiro atoms. The molecule has 29 heavy (non-hydrogen) atoms. The Kier molecular flexibility index (Phi) is 5.16. The van der Waals surface area contributed by atoms with Crippen LogP contribution >= 0.6 is 11.6 Å². The fourth-order valence-electron chi connectivity index (χ4n) is 3.55. The highest BCUT2D eigenvalue weighted by Gasteiger charge is 2.25. The number of benzene rings is 3. The van der Waals surface area contributed by atoms with Crippen LogP contribution in [-0.4, -0.2) is 5.97 Å². The Morgan fingerprint density at radius 1 is 1.03 bits per heavy atom. The van der Waals surface area contributed by atoms with Crippen LogP contribution in [0.25, 0.3) is 10.8 Å². The van der Waals surface area contributed by atoms with Gasteiger partial charge in [0.2, 0.25) is 0 Å². The third-order valence-electron chi connectivity index (χ3n) is 5.00. The average Bonchev–Trinajstić information content (AvgIpc) is 2.71. The SMILES string of the molecule is C=C(C)C(=O)Oc1c2c(c(Oc3ccccc3)c3cc(Cl)ccc13)CC=C(C)C2. The summed E-state index contributed by atoms with van der Waals surface area (Å²) in [6.07, 6.45) is 3.57. The van der Waals surface area contributed by atoms with Crippen molar-refractivity contribution in [2.75, 3.05) is 0 Å². The van der Waals surface area contributed by atoms with Gasteiger partial charge >= 0.3 is 5.97 Å². The Hall–Kier alpha value is -3.04. The molecule has 0 fully saturated rings. The van der Waals surface area contributed by atoms with Gasteiger partial charge in [0.1, 0.15) is 17.2 Å². The second-order valence-corrected chi connectivity index (χ2v) is 7.76. The van der Waals surface area contributed by atoms with E-state index in [1.807, 2.05) is 42.5 Å². The largest absolute Gasteiger partial charge is 0.456 e. The summed E-state index contributed by atoms with van der Waals surface area (Å²) in [7, 11) is 0. The number of carbonyl (C=O) groups excluding carboxylic acids is 1. The van der Waals surface area contributed by atoms with Gasteiger partial charge in [-0.25, -0.2) is 4.79 Å². The molecule has 3 nitrogen and oxygen atoms in total. The number of allylic oxidation sites excluding steroid dienone is 2. The first kappa shape index (κ1) is 19.3. The molecular formula is C25H21ClO3. The number of halogens is 1. The molecule has 1 aliphatic carbocycles. The van der Waals surface area contributed by atoms with Crippen LogP contribution in [-0.2, 0) is 17.6 Å². The van der Waals surface area contributed by atoms with Crippen LogP contribution in [0, 0.1) is 0 Å². The number of hydrogen-bond donors (Lipinski definition) is 0. The minimum atomic E-state index is -0.438. The first-order valence-corrected chi connectivity index (χ1v) is 9.85. The Morgan fingerprint density at radius 3 is 2.52 bits per heavy atom. The zero-order valence-corrected chi connectivity index (χ0v) is 17.2. The van der Waals surface area contributed by atoms with E-state index in [9.17, 15) is 4.79 Å². The molecule has 0 unspecified atom stereocenters. The molecule has 0 radical (unpaired) electrons. The number of ether oxygens (including phenoxy) is 2. The molecule has 0 N–H and O–H groups in total. The summed E-state index contributed by atoms with van der Waals surface area (Å²) in [5.41, 5.74) is 3.57. The van der Waals surface area contributed by atoms with Gasteiger partial charge < -0.3 is 9.47 Å². The molecule has 3 aromatic rings. The number of hydrogen-bond acceptors (Lipinski definition) is 3. The lowest BCUT2D eigenvalue weighted by molar-refractivity contribution is -0.130. The smallest absolute Gasteiger partial charge is 0.338 e. The fraction of sp³-hybridized carbons (Fsp3) is 0.160. The van der Waals surface area contributed by atoms with Crippen molar-refractivity contribution in [1.29, 1.82) is 0 Å². The quantitative estimate of drug-likeness (QED) is 0.207. The van der Waals surface area contributed by atoms with Crippen molar-refractivity contribution in [3.05, 3.63) is 88.5 Å². The third kappa shape index (κ3) is 3.79. The number of esters is 1. The van der Waals surface area contributed by atoms with E-state index in [2.05, 4.69) is 19.6 Å². The van der Waals surface area contributed by atoms with Gasteiger partial charge in [-0.05, 0) is 57.0 Å². The Bertz CT molecular complexity index is 1160. The normalized spacial score (nSPS) is 12.9. The summed E-state index contributed by atoms with van der Waals surface area (Å²) in [5, 5.41) is 2.20. The minimum Gasteiger partial charge on any atom is -0.456 e. The highest BCUT2D eigenvalue weighted by molar-refractivity contribution is 6.31. The molecule has 3 aromatic carbocycles. The summed E-state index contributed by atoms with van der Waals surface area (Å²) in [4.78, 5) is 12.4. The van der Waals surface area contributed by atoms with E-state index >= 15 is 0 Å². The number of para-hydroxylation sites is 1. The maximum Gasteiger partial charge on any atom is 0.338 e. The van der Waals surface area contributed by atoms with E-state index in [1.54, 1.807) is 13.0 Å². The predicted molar refractivity (Wildman–Crippen MR) is 117 cm³/mol. The third-order valence-corrected chi connectivity index (χ3v) is 5.24. The molecule has 0 heterocycles. The summed E-state index contributed by atoms with van der Waals surface area (Å²) in [6.45, 7) is 7.44. The maximum atomic E-state index is 12.4. The lowest BCUT2D eigenvalue weighted by Crippen LogP contribution is -2.13. The van der Waals surface area contributed by atoms with Crippen LogP contribution in [0.15, 0.2) is 72.3 Å². The summed E-state index contributed by atoms with van der Waals surface area (Å²) in [6, 6.07) is 15.2. The maximum absolute atomic E-state index is 12.4.